The van der Waals surface area contributed by atoms with Crippen molar-refractivity contribution in [2.75, 3.05) is 26.3 Å². The molecule has 3 aliphatic rings. The summed E-state index contributed by atoms with van der Waals surface area (Å²) < 4.78 is 5.63. The van der Waals surface area contributed by atoms with Gasteiger partial charge in [0, 0.05) is 37.7 Å². The SMILES string of the molecule is Cc1cc2c(cn1)C(C[C@@H]1CCN(C3CCCOCC3)C1)CC2. The number of likely N-dealkylation sites (tertiary alicyclic amines) is 1. The second kappa shape index (κ2) is 6.90. The van der Waals surface area contributed by atoms with E-state index in [0.717, 1.165) is 31.1 Å². The molecule has 0 spiro atoms. The molecule has 0 amide bonds. The first kappa shape index (κ1) is 15.6. The highest BCUT2D eigenvalue weighted by atomic mass is 16.5. The maximum absolute atomic E-state index is 5.63. The normalized spacial score (nSPS) is 32.0. The fourth-order valence-corrected chi connectivity index (χ4v) is 4.98. The molecular formula is C20H30N2O. The average Bonchev–Trinajstić information content (AvgIpc) is 3.07. The van der Waals surface area contributed by atoms with Crippen LogP contribution in [0.25, 0.3) is 0 Å². The van der Waals surface area contributed by atoms with Gasteiger partial charge in [-0.3, -0.25) is 4.98 Å². The molecule has 0 bridgehead atoms. The Hall–Kier alpha value is -0.930. The van der Waals surface area contributed by atoms with Gasteiger partial charge in [-0.1, -0.05) is 0 Å². The van der Waals surface area contributed by atoms with Gasteiger partial charge >= 0.3 is 0 Å². The molecule has 0 aromatic carbocycles. The van der Waals surface area contributed by atoms with Gasteiger partial charge in [0.2, 0.25) is 0 Å². The molecule has 3 heteroatoms. The van der Waals surface area contributed by atoms with Crippen LogP contribution in [0.5, 0.6) is 0 Å². The van der Waals surface area contributed by atoms with Gasteiger partial charge in [0.1, 0.15) is 0 Å². The van der Waals surface area contributed by atoms with Crippen molar-refractivity contribution in [1.82, 2.24) is 9.88 Å². The molecule has 3 heterocycles. The lowest BCUT2D eigenvalue weighted by Gasteiger charge is -2.26. The van der Waals surface area contributed by atoms with E-state index >= 15 is 0 Å². The van der Waals surface area contributed by atoms with Gasteiger partial charge in [0.15, 0.2) is 0 Å². The standard InChI is InChI=1S/C20H30N2O/c1-15-11-17-4-5-18(20(17)13-21-15)12-16-6-8-22(14-16)19-3-2-9-23-10-7-19/h11,13,16,18-19H,2-10,12,14H2,1H3/t16-,18?,19?/m0/s1. The minimum Gasteiger partial charge on any atom is -0.381 e. The highest BCUT2D eigenvalue weighted by molar-refractivity contribution is 5.34. The molecule has 0 saturated carbocycles. The van der Waals surface area contributed by atoms with Crippen LogP contribution in [-0.4, -0.2) is 42.2 Å². The molecule has 3 nitrogen and oxygen atoms in total. The van der Waals surface area contributed by atoms with E-state index in [2.05, 4.69) is 29.1 Å². The fraction of sp³-hybridized carbons (Fsp3) is 0.750. The number of rotatable bonds is 3. The van der Waals surface area contributed by atoms with Gasteiger partial charge in [-0.05, 0) is 87.4 Å². The van der Waals surface area contributed by atoms with E-state index in [4.69, 9.17) is 4.74 Å². The van der Waals surface area contributed by atoms with Gasteiger partial charge < -0.3 is 9.64 Å². The Labute approximate surface area is 140 Å². The lowest BCUT2D eigenvalue weighted by Crippen LogP contribution is -2.33. The van der Waals surface area contributed by atoms with Crippen LogP contribution in [0.15, 0.2) is 12.3 Å². The van der Waals surface area contributed by atoms with Crippen LogP contribution in [0.3, 0.4) is 0 Å². The molecule has 4 rings (SSSR count). The summed E-state index contributed by atoms with van der Waals surface area (Å²) >= 11 is 0. The van der Waals surface area contributed by atoms with E-state index in [1.165, 1.54) is 63.7 Å². The van der Waals surface area contributed by atoms with Crippen molar-refractivity contribution in [3.05, 3.63) is 29.1 Å². The number of hydrogen-bond acceptors (Lipinski definition) is 3. The van der Waals surface area contributed by atoms with Crippen LogP contribution >= 0.6 is 0 Å². The Bertz CT molecular complexity index is 536. The molecule has 2 aliphatic heterocycles. The highest BCUT2D eigenvalue weighted by Gasteiger charge is 2.32. The van der Waals surface area contributed by atoms with Crippen molar-refractivity contribution in [3.63, 3.8) is 0 Å². The van der Waals surface area contributed by atoms with Gasteiger partial charge in [-0.25, -0.2) is 0 Å². The number of pyridine rings is 1. The summed E-state index contributed by atoms with van der Waals surface area (Å²) in [6.07, 6.45) is 11.4. The second-order valence-electron chi connectivity index (χ2n) is 7.84. The Morgan fingerprint density at radius 1 is 1.22 bits per heavy atom. The van der Waals surface area contributed by atoms with Crippen molar-refractivity contribution < 1.29 is 4.74 Å². The minimum absolute atomic E-state index is 0.764. The first-order valence-electron chi connectivity index (χ1n) is 9.57. The molecule has 126 valence electrons. The Kier molecular flexibility index (Phi) is 4.68. The lowest BCUT2D eigenvalue weighted by molar-refractivity contribution is 0.134. The third kappa shape index (κ3) is 3.46. The van der Waals surface area contributed by atoms with Gasteiger partial charge in [0.25, 0.3) is 0 Å². The third-order valence-electron chi connectivity index (χ3n) is 6.24. The highest BCUT2D eigenvalue weighted by Crippen LogP contribution is 2.39. The summed E-state index contributed by atoms with van der Waals surface area (Å²) in [5.74, 6) is 1.65. The second-order valence-corrected chi connectivity index (χ2v) is 7.84. The van der Waals surface area contributed by atoms with E-state index in [1.54, 1.807) is 11.1 Å². The van der Waals surface area contributed by atoms with Crippen molar-refractivity contribution >= 4 is 0 Å². The molecule has 1 aromatic heterocycles. The van der Waals surface area contributed by atoms with Crippen molar-refractivity contribution in [2.24, 2.45) is 5.92 Å². The zero-order valence-corrected chi connectivity index (χ0v) is 14.5. The number of ether oxygens (including phenoxy) is 1. The average molecular weight is 314 g/mol. The molecule has 23 heavy (non-hydrogen) atoms. The molecular weight excluding hydrogens is 284 g/mol. The van der Waals surface area contributed by atoms with Crippen LogP contribution < -0.4 is 0 Å². The summed E-state index contributed by atoms with van der Waals surface area (Å²) in [5, 5.41) is 0. The minimum atomic E-state index is 0.764. The first-order chi connectivity index (χ1) is 11.3. The molecule has 1 aromatic rings. The van der Waals surface area contributed by atoms with E-state index in [0.29, 0.717) is 0 Å². The number of fused-ring (bicyclic) bond motifs is 1. The third-order valence-corrected chi connectivity index (χ3v) is 6.24. The Morgan fingerprint density at radius 2 is 2.17 bits per heavy atom. The maximum atomic E-state index is 5.63. The van der Waals surface area contributed by atoms with E-state index < -0.39 is 0 Å². The summed E-state index contributed by atoms with van der Waals surface area (Å²) in [6, 6.07) is 3.09. The molecule has 1 aliphatic carbocycles. The molecule has 2 fully saturated rings. The van der Waals surface area contributed by atoms with Crippen molar-refractivity contribution in [2.45, 2.75) is 63.8 Å². The maximum Gasteiger partial charge on any atom is 0.0480 e. The number of aromatic nitrogens is 1. The van der Waals surface area contributed by atoms with Crippen LogP contribution in [0.2, 0.25) is 0 Å². The zero-order valence-electron chi connectivity index (χ0n) is 14.5. The Morgan fingerprint density at radius 3 is 3.13 bits per heavy atom. The quantitative estimate of drug-likeness (QED) is 0.850. The summed E-state index contributed by atoms with van der Waals surface area (Å²) in [6.45, 7) is 6.67. The van der Waals surface area contributed by atoms with Crippen LogP contribution in [0.4, 0.5) is 0 Å². The summed E-state index contributed by atoms with van der Waals surface area (Å²) in [5.41, 5.74) is 4.29. The molecule has 2 saturated heterocycles. The molecule has 0 radical (unpaired) electrons. The lowest BCUT2D eigenvalue weighted by atomic mass is 9.90. The van der Waals surface area contributed by atoms with E-state index in [9.17, 15) is 0 Å². The summed E-state index contributed by atoms with van der Waals surface area (Å²) in [4.78, 5) is 7.32. The van der Waals surface area contributed by atoms with Gasteiger partial charge in [0.05, 0.1) is 0 Å². The zero-order chi connectivity index (χ0) is 15.6. The first-order valence-corrected chi connectivity index (χ1v) is 9.57. The monoisotopic (exact) mass is 314 g/mol. The number of hydrogen-bond donors (Lipinski definition) is 0. The summed E-state index contributed by atoms with van der Waals surface area (Å²) in [7, 11) is 0. The van der Waals surface area contributed by atoms with Crippen LogP contribution in [0.1, 0.15) is 61.3 Å². The van der Waals surface area contributed by atoms with Gasteiger partial charge in [-0.15, -0.1) is 0 Å². The number of nitrogens with zero attached hydrogens (tertiary/aromatic N) is 2. The topological polar surface area (TPSA) is 25.4 Å². The smallest absolute Gasteiger partial charge is 0.0480 e. The van der Waals surface area contributed by atoms with E-state index in [-0.39, 0.29) is 0 Å². The molecule has 3 atom stereocenters. The largest absolute Gasteiger partial charge is 0.381 e. The number of aryl methyl sites for hydroxylation is 2. The van der Waals surface area contributed by atoms with E-state index in [1.807, 2.05) is 0 Å². The van der Waals surface area contributed by atoms with Crippen molar-refractivity contribution in [1.29, 1.82) is 0 Å². The molecule has 2 unspecified atom stereocenters. The van der Waals surface area contributed by atoms with Gasteiger partial charge in [-0.2, -0.15) is 0 Å². The van der Waals surface area contributed by atoms with Crippen molar-refractivity contribution in [3.8, 4) is 0 Å². The van der Waals surface area contributed by atoms with Crippen LogP contribution in [0, 0.1) is 12.8 Å². The molecule has 0 N–H and O–H groups in total. The Balaban J connectivity index is 1.35. The predicted molar refractivity (Wildman–Crippen MR) is 92.8 cm³/mol. The fourth-order valence-electron chi connectivity index (χ4n) is 4.98. The predicted octanol–water partition coefficient (Wildman–Crippen LogP) is 3.70. The van der Waals surface area contributed by atoms with Crippen LogP contribution in [-0.2, 0) is 11.2 Å².